The fourth-order valence-corrected chi connectivity index (χ4v) is 7.52. The van der Waals surface area contributed by atoms with Gasteiger partial charge in [-0.05, 0) is 72.3 Å². The lowest BCUT2D eigenvalue weighted by atomic mass is 9.57. The molecule has 0 radical (unpaired) electrons. The fraction of sp³-hybridized carbons (Fsp3) is 0.458. The van der Waals surface area contributed by atoms with E-state index in [1.807, 2.05) is 12.1 Å². The molecule has 0 amide bonds. The van der Waals surface area contributed by atoms with E-state index in [0.717, 1.165) is 34.4 Å². The minimum Gasteiger partial charge on any atom is -0.437 e. The third kappa shape index (κ3) is 1.85. The van der Waals surface area contributed by atoms with Crippen LogP contribution in [0, 0.1) is 29.6 Å². The zero-order valence-electron chi connectivity index (χ0n) is 15.6. The van der Waals surface area contributed by atoms with E-state index in [0.29, 0.717) is 11.7 Å². The second-order valence-corrected chi connectivity index (χ2v) is 8.84. The molecule has 2 aromatic carbocycles. The van der Waals surface area contributed by atoms with Crippen molar-refractivity contribution in [1.29, 1.82) is 0 Å². The molecule has 6 rings (SSSR count). The maximum absolute atomic E-state index is 11.9. The second-order valence-electron chi connectivity index (χ2n) is 8.84. The average molecular weight is 360 g/mol. The van der Waals surface area contributed by atoms with Gasteiger partial charge in [0.25, 0.3) is 0 Å². The molecule has 4 aliphatic carbocycles. The molecular weight excluding hydrogens is 336 g/mol. The summed E-state index contributed by atoms with van der Waals surface area (Å²) >= 11 is 0. The van der Waals surface area contributed by atoms with Crippen molar-refractivity contribution in [1.82, 2.24) is 0 Å². The molecular formula is C24H24O3. The van der Waals surface area contributed by atoms with Gasteiger partial charge in [0.05, 0.1) is 7.11 Å². The van der Waals surface area contributed by atoms with Gasteiger partial charge in [-0.25, -0.2) is 4.79 Å². The summed E-state index contributed by atoms with van der Waals surface area (Å²) in [5.41, 5.74) is 1.63. The number of rotatable bonds is 2. The highest BCUT2D eigenvalue weighted by Gasteiger charge is 2.68. The predicted octanol–water partition coefficient (Wildman–Crippen LogP) is 5.47. The lowest BCUT2D eigenvalue weighted by Crippen LogP contribution is -2.44. The van der Waals surface area contributed by atoms with Gasteiger partial charge in [0, 0.05) is 10.8 Å². The Morgan fingerprint density at radius 3 is 2.78 bits per heavy atom. The first-order valence-electron chi connectivity index (χ1n) is 10.2. The number of methoxy groups -OCH3 is 1. The van der Waals surface area contributed by atoms with Crippen molar-refractivity contribution < 1.29 is 14.3 Å². The Kier molecular flexibility index (Phi) is 3.13. The first-order chi connectivity index (χ1) is 13.2. The van der Waals surface area contributed by atoms with Crippen LogP contribution in [0.25, 0.3) is 10.8 Å². The summed E-state index contributed by atoms with van der Waals surface area (Å²) in [6, 6.07) is 12.6. The van der Waals surface area contributed by atoms with E-state index < -0.39 is 6.16 Å². The van der Waals surface area contributed by atoms with Crippen LogP contribution in [0.3, 0.4) is 0 Å². The first kappa shape index (κ1) is 15.7. The fourth-order valence-electron chi connectivity index (χ4n) is 7.52. The number of allylic oxidation sites excluding steroid dienone is 2. The van der Waals surface area contributed by atoms with Crippen molar-refractivity contribution in [2.75, 3.05) is 7.11 Å². The van der Waals surface area contributed by atoms with Gasteiger partial charge in [-0.1, -0.05) is 42.5 Å². The standard InChI is InChI=1S/C24H24O3/c1-26-23(25)27-20-7-3-5-14-4-2-6-19(21(14)20)24-17-10-8-15(12-17)22(24)16-9-11-18(24)13-16/h2-8,10,15-18,22H,9,11-13H2,1H3. The molecule has 27 heavy (non-hydrogen) atoms. The molecule has 138 valence electrons. The number of carbonyl (C=O) groups is 1. The Morgan fingerprint density at radius 1 is 1.07 bits per heavy atom. The molecule has 3 nitrogen and oxygen atoms in total. The molecule has 0 spiro atoms. The minimum absolute atomic E-state index is 0.220. The number of benzene rings is 2. The van der Waals surface area contributed by atoms with Gasteiger partial charge in [0.1, 0.15) is 5.75 Å². The van der Waals surface area contributed by atoms with Crippen LogP contribution < -0.4 is 4.74 Å². The highest BCUT2D eigenvalue weighted by molar-refractivity contribution is 5.94. The Labute approximate surface area is 159 Å². The Balaban J connectivity index is 1.62. The third-order valence-electron chi connectivity index (χ3n) is 8.09. The topological polar surface area (TPSA) is 35.5 Å². The molecule has 3 saturated carbocycles. The molecule has 3 fully saturated rings. The number of hydrogen-bond donors (Lipinski definition) is 0. The van der Waals surface area contributed by atoms with Gasteiger partial charge in [-0.15, -0.1) is 0 Å². The molecule has 0 saturated heterocycles. The predicted molar refractivity (Wildman–Crippen MR) is 104 cm³/mol. The SMILES string of the molecule is COC(=O)Oc1cccc2cccc(C34C5C=CC(C5)C3C3CCC4C3)c12. The molecule has 4 bridgehead atoms. The van der Waals surface area contributed by atoms with Gasteiger partial charge < -0.3 is 9.47 Å². The van der Waals surface area contributed by atoms with Gasteiger partial charge in [0.2, 0.25) is 0 Å². The van der Waals surface area contributed by atoms with E-state index in [1.165, 1.54) is 38.4 Å². The van der Waals surface area contributed by atoms with Crippen molar-refractivity contribution >= 4 is 16.9 Å². The molecule has 0 heterocycles. The monoisotopic (exact) mass is 360 g/mol. The first-order valence-corrected chi connectivity index (χ1v) is 10.2. The maximum Gasteiger partial charge on any atom is 0.513 e. The maximum atomic E-state index is 11.9. The van der Waals surface area contributed by atoms with Gasteiger partial charge in [-0.2, -0.15) is 0 Å². The molecule has 3 heteroatoms. The lowest BCUT2D eigenvalue weighted by molar-refractivity contribution is 0.121. The van der Waals surface area contributed by atoms with Crippen molar-refractivity contribution in [3.8, 4) is 5.75 Å². The molecule has 6 atom stereocenters. The lowest BCUT2D eigenvalue weighted by Gasteiger charge is -2.46. The van der Waals surface area contributed by atoms with Crippen LogP contribution in [-0.4, -0.2) is 13.3 Å². The van der Waals surface area contributed by atoms with E-state index >= 15 is 0 Å². The van der Waals surface area contributed by atoms with Crippen LogP contribution in [0.2, 0.25) is 0 Å². The van der Waals surface area contributed by atoms with E-state index in [-0.39, 0.29) is 5.41 Å². The summed E-state index contributed by atoms with van der Waals surface area (Å²) in [6.07, 6.45) is 9.74. The van der Waals surface area contributed by atoms with Crippen LogP contribution in [0.5, 0.6) is 5.75 Å². The second kappa shape index (κ2) is 5.37. The molecule has 6 unspecified atom stereocenters. The van der Waals surface area contributed by atoms with Crippen molar-refractivity contribution in [3.63, 3.8) is 0 Å². The summed E-state index contributed by atoms with van der Waals surface area (Å²) in [5.74, 6) is 4.36. The minimum atomic E-state index is -0.646. The smallest absolute Gasteiger partial charge is 0.437 e. The highest BCUT2D eigenvalue weighted by Crippen LogP contribution is 2.73. The summed E-state index contributed by atoms with van der Waals surface area (Å²) < 4.78 is 10.4. The third-order valence-corrected chi connectivity index (χ3v) is 8.09. The van der Waals surface area contributed by atoms with Crippen molar-refractivity contribution in [3.05, 3.63) is 54.1 Å². The zero-order valence-corrected chi connectivity index (χ0v) is 15.6. The van der Waals surface area contributed by atoms with Crippen LogP contribution in [0.1, 0.15) is 31.2 Å². The van der Waals surface area contributed by atoms with E-state index in [1.54, 1.807) is 0 Å². The average Bonchev–Trinajstić information content (AvgIpc) is 3.46. The highest BCUT2D eigenvalue weighted by atomic mass is 16.7. The number of ether oxygens (including phenoxy) is 2. The van der Waals surface area contributed by atoms with E-state index in [4.69, 9.17) is 9.47 Å². The largest absolute Gasteiger partial charge is 0.513 e. The molecule has 0 aliphatic heterocycles. The van der Waals surface area contributed by atoms with Crippen LogP contribution in [0.15, 0.2) is 48.6 Å². The van der Waals surface area contributed by atoms with Crippen molar-refractivity contribution in [2.45, 2.75) is 31.1 Å². The number of carbonyl (C=O) groups excluding carboxylic acids is 1. The van der Waals surface area contributed by atoms with Gasteiger partial charge in [0.15, 0.2) is 0 Å². The van der Waals surface area contributed by atoms with E-state index in [9.17, 15) is 4.79 Å². The Morgan fingerprint density at radius 2 is 1.93 bits per heavy atom. The van der Waals surface area contributed by atoms with E-state index in [2.05, 4.69) is 36.4 Å². The molecule has 4 aliphatic rings. The summed E-state index contributed by atoms with van der Waals surface area (Å²) in [5, 5.41) is 2.26. The van der Waals surface area contributed by atoms with Crippen molar-refractivity contribution in [2.24, 2.45) is 29.6 Å². The summed E-state index contributed by atoms with van der Waals surface area (Å²) in [7, 11) is 1.36. The van der Waals surface area contributed by atoms with Crippen LogP contribution >= 0.6 is 0 Å². The zero-order chi connectivity index (χ0) is 18.2. The quantitative estimate of drug-likeness (QED) is 0.308. The normalized spacial score (nSPS) is 37.7. The number of hydrogen-bond acceptors (Lipinski definition) is 3. The molecule has 2 aromatic rings. The van der Waals surface area contributed by atoms with Crippen LogP contribution in [-0.2, 0) is 10.2 Å². The van der Waals surface area contributed by atoms with Crippen LogP contribution in [0.4, 0.5) is 4.79 Å². The van der Waals surface area contributed by atoms with Gasteiger partial charge in [-0.3, -0.25) is 0 Å². The Hall–Kier alpha value is -2.29. The number of fused-ring (bicyclic) bond motifs is 10. The Bertz CT molecular complexity index is 972. The molecule has 0 N–H and O–H groups in total. The molecule has 0 aromatic heterocycles. The summed E-state index contributed by atoms with van der Waals surface area (Å²) in [4.78, 5) is 11.9. The summed E-state index contributed by atoms with van der Waals surface area (Å²) in [6.45, 7) is 0. The van der Waals surface area contributed by atoms with Gasteiger partial charge >= 0.3 is 6.16 Å².